The maximum absolute atomic E-state index is 11.1. The highest BCUT2D eigenvalue weighted by molar-refractivity contribution is 5.49. The molecule has 0 heterocycles. The number of unbranched alkanes of at least 4 members (excludes halogenated alkanes) is 1. The number of benzene rings is 1. The Labute approximate surface area is 122 Å². The summed E-state index contributed by atoms with van der Waals surface area (Å²) in [5.74, 6) is 0.196. The largest absolute Gasteiger partial charge is 0.487 e. The number of nitrogens with zero attached hydrogens (tertiary/aromatic N) is 4. The molecule has 0 radical (unpaired) electrons. The van der Waals surface area contributed by atoms with Crippen LogP contribution in [-0.2, 0) is 0 Å². The zero-order valence-corrected chi connectivity index (χ0v) is 11.8. The van der Waals surface area contributed by atoms with Crippen LogP contribution in [0.3, 0.4) is 0 Å². The van der Waals surface area contributed by atoms with E-state index in [0.717, 1.165) is 0 Å². The predicted molar refractivity (Wildman–Crippen MR) is 77.1 cm³/mol. The van der Waals surface area contributed by atoms with Gasteiger partial charge in [0.1, 0.15) is 0 Å². The Hall–Kier alpha value is -2.31. The number of hydrogen-bond acceptors (Lipinski definition) is 5. The molecular weight excluding hydrogens is 276 g/mol. The minimum Gasteiger partial charge on any atom is -0.487 e. The van der Waals surface area contributed by atoms with Gasteiger partial charge in [-0.25, -0.2) is 0 Å². The van der Waals surface area contributed by atoms with Crippen molar-refractivity contribution in [3.05, 3.63) is 44.3 Å². The zero-order chi connectivity index (χ0) is 15.7. The molecule has 0 aliphatic heterocycles. The molecule has 21 heavy (non-hydrogen) atoms. The Kier molecular flexibility index (Phi) is 7.00. The van der Waals surface area contributed by atoms with Crippen LogP contribution in [0.5, 0.6) is 5.75 Å². The first-order chi connectivity index (χ1) is 10.1. The first-order valence-electron chi connectivity index (χ1n) is 6.70. The molecular formula is C13H18N4O4. The summed E-state index contributed by atoms with van der Waals surface area (Å²) in [7, 11) is 0. The van der Waals surface area contributed by atoms with E-state index in [2.05, 4.69) is 10.0 Å². The standard InChI is InChI=1S/C13H18N4O4/c1-2-21-13-7-6-10(9-12(13)17(19)20)11(15-16-14)5-3-4-8-18/h6-7,9,11,18H,2-5,8H2,1H3. The molecule has 0 fully saturated rings. The van der Waals surface area contributed by atoms with Gasteiger partial charge >= 0.3 is 5.69 Å². The molecule has 0 amide bonds. The zero-order valence-electron chi connectivity index (χ0n) is 11.8. The lowest BCUT2D eigenvalue weighted by molar-refractivity contribution is -0.385. The second-order valence-electron chi connectivity index (χ2n) is 4.36. The van der Waals surface area contributed by atoms with Crippen molar-refractivity contribution in [1.29, 1.82) is 0 Å². The van der Waals surface area contributed by atoms with E-state index in [9.17, 15) is 10.1 Å². The fraction of sp³-hybridized carbons (Fsp3) is 0.538. The first-order valence-corrected chi connectivity index (χ1v) is 6.70. The molecule has 1 aromatic carbocycles. The van der Waals surface area contributed by atoms with E-state index < -0.39 is 11.0 Å². The third kappa shape index (κ3) is 4.94. The van der Waals surface area contributed by atoms with Crippen LogP contribution in [-0.4, -0.2) is 23.2 Å². The van der Waals surface area contributed by atoms with Crippen LogP contribution in [0.2, 0.25) is 0 Å². The fourth-order valence-corrected chi connectivity index (χ4v) is 1.96. The topological polar surface area (TPSA) is 121 Å². The van der Waals surface area contributed by atoms with Gasteiger partial charge in [-0.2, -0.15) is 0 Å². The number of nitro benzene ring substituents is 1. The summed E-state index contributed by atoms with van der Waals surface area (Å²) in [5, 5.41) is 23.5. The van der Waals surface area contributed by atoms with Gasteiger partial charge in [0, 0.05) is 17.6 Å². The average Bonchev–Trinajstić information content (AvgIpc) is 2.47. The summed E-state index contributed by atoms with van der Waals surface area (Å²) in [5.41, 5.74) is 9.05. The third-order valence-corrected chi connectivity index (χ3v) is 2.94. The van der Waals surface area contributed by atoms with Gasteiger partial charge in [0.2, 0.25) is 0 Å². The van der Waals surface area contributed by atoms with E-state index in [1.807, 2.05) is 0 Å². The van der Waals surface area contributed by atoms with Crippen LogP contribution in [0.25, 0.3) is 10.4 Å². The van der Waals surface area contributed by atoms with Crippen LogP contribution in [0.4, 0.5) is 5.69 Å². The molecule has 1 unspecified atom stereocenters. The van der Waals surface area contributed by atoms with E-state index >= 15 is 0 Å². The van der Waals surface area contributed by atoms with E-state index in [-0.39, 0.29) is 18.0 Å². The summed E-state index contributed by atoms with van der Waals surface area (Å²) in [6.07, 6.45) is 1.79. The number of aliphatic hydroxyl groups is 1. The Morgan fingerprint density at radius 3 is 2.86 bits per heavy atom. The van der Waals surface area contributed by atoms with Crippen molar-refractivity contribution in [2.24, 2.45) is 5.11 Å². The molecule has 1 N–H and O–H groups in total. The van der Waals surface area contributed by atoms with Crippen molar-refractivity contribution in [3.8, 4) is 5.75 Å². The lowest BCUT2D eigenvalue weighted by atomic mass is 10.0. The monoisotopic (exact) mass is 294 g/mol. The van der Waals surface area contributed by atoms with E-state index in [4.69, 9.17) is 15.4 Å². The summed E-state index contributed by atoms with van der Waals surface area (Å²) in [4.78, 5) is 13.3. The normalized spacial score (nSPS) is 11.5. The highest BCUT2D eigenvalue weighted by Crippen LogP contribution is 2.33. The van der Waals surface area contributed by atoms with Gasteiger partial charge < -0.3 is 9.84 Å². The molecule has 1 atom stereocenters. The van der Waals surface area contributed by atoms with Crippen molar-refractivity contribution < 1.29 is 14.8 Å². The number of hydrogen-bond donors (Lipinski definition) is 1. The molecule has 1 aromatic rings. The Bertz CT molecular complexity index is 529. The molecule has 8 heteroatoms. The summed E-state index contributed by atoms with van der Waals surface area (Å²) < 4.78 is 5.21. The van der Waals surface area contributed by atoms with Crippen molar-refractivity contribution in [1.82, 2.24) is 0 Å². The predicted octanol–water partition coefficient (Wildman–Crippen LogP) is 3.51. The van der Waals surface area contributed by atoms with E-state index in [1.54, 1.807) is 13.0 Å². The number of rotatable bonds is 9. The quantitative estimate of drug-likeness (QED) is 0.187. The molecule has 0 aliphatic carbocycles. The third-order valence-electron chi connectivity index (χ3n) is 2.94. The number of ether oxygens (including phenoxy) is 1. The van der Waals surface area contributed by atoms with Crippen LogP contribution < -0.4 is 4.74 Å². The number of azide groups is 1. The maximum Gasteiger partial charge on any atom is 0.311 e. The van der Waals surface area contributed by atoms with Crippen LogP contribution in [0.1, 0.15) is 37.8 Å². The minimum atomic E-state index is -0.518. The molecule has 0 saturated heterocycles. The van der Waals surface area contributed by atoms with Gasteiger partial charge in [0.05, 0.1) is 17.6 Å². The van der Waals surface area contributed by atoms with Gasteiger partial charge in [-0.15, -0.1) is 0 Å². The van der Waals surface area contributed by atoms with Crippen LogP contribution in [0.15, 0.2) is 23.3 Å². The Morgan fingerprint density at radius 2 is 2.29 bits per heavy atom. The highest BCUT2D eigenvalue weighted by atomic mass is 16.6. The summed E-state index contributed by atoms with van der Waals surface area (Å²) >= 11 is 0. The molecule has 8 nitrogen and oxygen atoms in total. The highest BCUT2D eigenvalue weighted by Gasteiger charge is 2.19. The van der Waals surface area contributed by atoms with Crippen molar-refractivity contribution in [3.63, 3.8) is 0 Å². The average molecular weight is 294 g/mol. The summed E-state index contributed by atoms with van der Waals surface area (Å²) in [6.45, 7) is 2.14. The molecule has 0 aliphatic rings. The summed E-state index contributed by atoms with van der Waals surface area (Å²) in [6, 6.07) is 4.07. The van der Waals surface area contributed by atoms with Gasteiger partial charge in [0.25, 0.3) is 0 Å². The van der Waals surface area contributed by atoms with Gasteiger partial charge in [-0.05, 0) is 36.9 Å². The SMILES string of the molecule is CCOc1ccc(C(CCCCO)N=[N+]=[N-])cc1[N+](=O)[O-]. The van der Waals surface area contributed by atoms with Crippen LogP contribution in [0, 0.1) is 10.1 Å². The van der Waals surface area contributed by atoms with E-state index in [0.29, 0.717) is 31.4 Å². The van der Waals surface area contributed by atoms with Crippen molar-refractivity contribution in [2.45, 2.75) is 32.2 Å². The maximum atomic E-state index is 11.1. The van der Waals surface area contributed by atoms with Crippen molar-refractivity contribution in [2.75, 3.05) is 13.2 Å². The second-order valence-corrected chi connectivity index (χ2v) is 4.36. The second kappa shape index (κ2) is 8.78. The number of nitro groups is 1. The lowest BCUT2D eigenvalue weighted by Gasteiger charge is -2.12. The first kappa shape index (κ1) is 16.7. The van der Waals surface area contributed by atoms with Gasteiger partial charge in [0.15, 0.2) is 5.75 Å². The fourth-order valence-electron chi connectivity index (χ4n) is 1.96. The van der Waals surface area contributed by atoms with Gasteiger partial charge in [-0.3, -0.25) is 10.1 Å². The Morgan fingerprint density at radius 1 is 1.52 bits per heavy atom. The molecule has 0 spiro atoms. The molecule has 1 rings (SSSR count). The van der Waals surface area contributed by atoms with E-state index in [1.165, 1.54) is 12.1 Å². The molecule has 0 saturated carbocycles. The smallest absolute Gasteiger partial charge is 0.311 e. The van der Waals surface area contributed by atoms with Gasteiger partial charge in [-0.1, -0.05) is 17.6 Å². The van der Waals surface area contributed by atoms with Crippen LogP contribution >= 0.6 is 0 Å². The lowest BCUT2D eigenvalue weighted by Crippen LogP contribution is -2.01. The molecule has 0 aromatic heterocycles. The van der Waals surface area contributed by atoms with Crippen molar-refractivity contribution >= 4 is 5.69 Å². The minimum absolute atomic E-state index is 0.0619. The molecule has 0 bridgehead atoms. The number of aliphatic hydroxyl groups excluding tert-OH is 1. The Balaban J connectivity index is 3.05. The molecule has 114 valence electrons.